The number of aryl methyl sites for hydroxylation is 1. The van der Waals surface area contributed by atoms with Crippen LogP contribution in [0.3, 0.4) is 0 Å². The first-order valence-corrected chi connectivity index (χ1v) is 8.67. The Labute approximate surface area is 158 Å². The van der Waals surface area contributed by atoms with E-state index in [2.05, 4.69) is 15.6 Å². The molecule has 9 nitrogen and oxygen atoms in total. The lowest BCUT2D eigenvalue weighted by Gasteiger charge is -2.17. The summed E-state index contributed by atoms with van der Waals surface area (Å²) in [6.45, 7) is 1.61. The van der Waals surface area contributed by atoms with E-state index in [1.807, 2.05) is 0 Å². The third-order valence-electron chi connectivity index (χ3n) is 4.21. The van der Waals surface area contributed by atoms with Crippen LogP contribution in [0.1, 0.15) is 18.2 Å². The number of rotatable bonds is 4. The van der Waals surface area contributed by atoms with Gasteiger partial charge in [0.2, 0.25) is 0 Å². The van der Waals surface area contributed by atoms with E-state index in [1.165, 1.54) is 10.8 Å². The molecule has 0 spiro atoms. The van der Waals surface area contributed by atoms with Crippen molar-refractivity contribution in [2.75, 3.05) is 11.9 Å². The molecule has 0 aliphatic carbocycles. The van der Waals surface area contributed by atoms with E-state index >= 15 is 0 Å². The molecule has 10 heteroatoms. The first-order valence-electron chi connectivity index (χ1n) is 8.29. The van der Waals surface area contributed by atoms with Gasteiger partial charge < -0.3 is 20.5 Å². The summed E-state index contributed by atoms with van der Waals surface area (Å²) >= 11 is 5.86. The number of aliphatic hydroxyl groups is 1. The number of amides is 2. The molecule has 27 heavy (non-hydrogen) atoms. The number of carbonyl (C=O) groups is 1. The van der Waals surface area contributed by atoms with Crippen LogP contribution < -0.4 is 21.9 Å². The monoisotopic (exact) mass is 394 g/mol. The summed E-state index contributed by atoms with van der Waals surface area (Å²) in [7, 11) is 0. The summed E-state index contributed by atoms with van der Waals surface area (Å²) in [6, 6.07) is 6.20. The zero-order valence-electron chi connectivity index (χ0n) is 14.4. The van der Waals surface area contributed by atoms with E-state index in [4.69, 9.17) is 16.3 Å². The number of halogens is 1. The number of anilines is 1. The molecule has 2 amide bonds. The van der Waals surface area contributed by atoms with Gasteiger partial charge in [0.05, 0.1) is 6.10 Å². The van der Waals surface area contributed by atoms with Gasteiger partial charge in [-0.25, -0.2) is 9.59 Å². The maximum atomic E-state index is 12.0. The Morgan fingerprint density at radius 2 is 2.22 bits per heavy atom. The van der Waals surface area contributed by atoms with E-state index in [0.717, 1.165) is 0 Å². The molecule has 1 fully saturated rings. The van der Waals surface area contributed by atoms with Crippen LogP contribution in [-0.4, -0.2) is 39.4 Å². The molecular formula is C17H19ClN4O5. The highest BCUT2D eigenvalue weighted by atomic mass is 35.5. The zero-order chi connectivity index (χ0) is 19.6. The molecule has 3 rings (SSSR count). The average molecular weight is 395 g/mol. The number of hydrogen-bond donors (Lipinski definition) is 4. The molecule has 1 aromatic carbocycles. The molecule has 0 radical (unpaired) electrons. The molecule has 2 heterocycles. The number of ether oxygens (including phenoxy) is 1. The Bertz CT molecular complexity index is 957. The highest BCUT2D eigenvalue weighted by Crippen LogP contribution is 2.27. The van der Waals surface area contributed by atoms with Crippen molar-refractivity contribution in [1.29, 1.82) is 0 Å². The van der Waals surface area contributed by atoms with Gasteiger partial charge in [0.15, 0.2) is 0 Å². The summed E-state index contributed by atoms with van der Waals surface area (Å²) in [6.07, 6.45) is -0.751. The average Bonchev–Trinajstić information content (AvgIpc) is 2.97. The van der Waals surface area contributed by atoms with Gasteiger partial charge in [0.1, 0.15) is 12.3 Å². The molecule has 0 unspecified atom stereocenters. The molecular weight excluding hydrogens is 376 g/mol. The first-order chi connectivity index (χ1) is 12.8. The lowest BCUT2D eigenvalue weighted by atomic mass is 10.2. The van der Waals surface area contributed by atoms with Crippen molar-refractivity contribution in [2.45, 2.75) is 31.8 Å². The minimum atomic E-state index is -0.874. The smallest absolute Gasteiger partial charge is 0.330 e. The molecule has 1 aliphatic heterocycles. The SMILES string of the molecule is Cc1cn([C@H]2C[C@H](O)[C@@H](CNC(=O)Nc3cccc(Cl)c3)O2)c(=O)[nH]c1=O. The van der Waals surface area contributed by atoms with Crippen LogP contribution in [0.4, 0.5) is 10.5 Å². The van der Waals surface area contributed by atoms with Crippen molar-refractivity contribution in [3.05, 3.63) is 61.9 Å². The molecule has 144 valence electrons. The van der Waals surface area contributed by atoms with Crippen molar-refractivity contribution in [3.8, 4) is 0 Å². The van der Waals surface area contributed by atoms with Gasteiger partial charge >= 0.3 is 11.7 Å². The van der Waals surface area contributed by atoms with Crippen LogP contribution in [0, 0.1) is 6.92 Å². The van der Waals surface area contributed by atoms with Crippen LogP contribution in [0.25, 0.3) is 0 Å². The number of aromatic amines is 1. The van der Waals surface area contributed by atoms with Gasteiger partial charge in [-0.05, 0) is 25.1 Å². The minimum Gasteiger partial charge on any atom is -0.390 e. The molecule has 1 aromatic heterocycles. The first kappa shape index (κ1) is 19.2. The van der Waals surface area contributed by atoms with Crippen LogP contribution in [0.15, 0.2) is 40.1 Å². The predicted molar refractivity (Wildman–Crippen MR) is 99.1 cm³/mol. The molecule has 0 saturated carbocycles. The van der Waals surface area contributed by atoms with E-state index in [0.29, 0.717) is 16.3 Å². The number of hydrogen-bond acceptors (Lipinski definition) is 5. The third kappa shape index (κ3) is 4.57. The molecule has 2 aromatic rings. The number of aromatic nitrogens is 2. The highest BCUT2D eigenvalue weighted by molar-refractivity contribution is 6.30. The number of carbonyl (C=O) groups excluding carboxylic acids is 1. The van der Waals surface area contributed by atoms with E-state index < -0.39 is 35.7 Å². The van der Waals surface area contributed by atoms with Crippen LogP contribution >= 0.6 is 11.6 Å². The molecule has 1 saturated heterocycles. The second kappa shape index (κ2) is 7.95. The molecule has 4 N–H and O–H groups in total. The predicted octanol–water partition coefficient (Wildman–Crippen LogP) is 0.969. The highest BCUT2D eigenvalue weighted by Gasteiger charge is 2.35. The van der Waals surface area contributed by atoms with Gasteiger partial charge in [-0.15, -0.1) is 0 Å². The van der Waals surface area contributed by atoms with Crippen molar-refractivity contribution < 1.29 is 14.6 Å². The fourth-order valence-electron chi connectivity index (χ4n) is 2.80. The van der Waals surface area contributed by atoms with E-state index in [1.54, 1.807) is 31.2 Å². The number of urea groups is 1. The molecule has 3 atom stereocenters. The topological polar surface area (TPSA) is 125 Å². The Morgan fingerprint density at radius 3 is 2.96 bits per heavy atom. The fourth-order valence-corrected chi connectivity index (χ4v) is 2.99. The van der Waals surface area contributed by atoms with Crippen molar-refractivity contribution in [3.63, 3.8) is 0 Å². The summed E-state index contributed by atoms with van der Waals surface area (Å²) in [5.74, 6) is 0. The van der Waals surface area contributed by atoms with Gasteiger partial charge in [0.25, 0.3) is 5.56 Å². The van der Waals surface area contributed by atoms with Crippen LogP contribution in [-0.2, 0) is 4.74 Å². The van der Waals surface area contributed by atoms with Crippen molar-refractivity contribution in [1.82, 2.24) is 14.9 Å². The number of benzene rings is 1. The summed E-state index contributed by atoms with van der Waals surface area (Å²) < 4.78 is 6.91. The third-order valence-corrected chi connectivity index (χ3v) is 4.44. The Hall–Kier alpha value is -2.62. The zero-order valence-corrected chi connectivity index (χ0v) is 15.2. The van der Waals surface area contributed by atoms with Crippen LogP contribution in [0.2, 0.25) is 5.02 Å². The Kier molecular flexibility index (Phi) is 5.64. The van der Waals surface area contributed by atoms with Crippen molar-refractivity contribution >= 4 is 23.3 Å². The van der Waals surface area contributed by atoms with Gasteiger partial charge in [-0.3, -0.25) is 14.3 Å². The number of H-pyrrole nitrogens is 1. The normalized spacial score (nSPS) is 21.8. The van der Waals surface area contributed by atoms with Gasteiger partial charge in [-0.1, -0.05) is 17.7 Å². The standard InChI is InChI=1S/C17H19ClN4O5/c1-9-8-22(17(26)21-15(9)24)14-6-12(23)13(27-14)7-19-16(25)20-11-4-2-3-10(18)5-11/h2-5,8,12-14,23H,6-7H2,1H3,(H2,19,20,25)(H,21,24,26)/t12-,13+,14+/m0/s1. The maximum Gasteiger partial charge on any atom is 0.330 e. The summed E-state index contributed by atoms with van der Waals surface area (Å²) in [4.78, 5) is 37.6. The summed E-state index contributed by atoms with van der Waals surface area (Å²) in [5, 5.41) is 15.9. The summed E-state index contributed by atoms with van der Waals surface area (Å²) in [5.41, 5.74) is -0.197. The lowest BCUT2D eigenvalue weighted by molar-refractivity contribution is -0.0178. The lowest BCUT2D eigenvalue weighted by Crippen LogP contribution is -2.39. The number of nitrogens with zero attached hydrogens (tertiary/aromatic N) is 1. The van der Waals surface area contributed by atoms with E-state index in [9.17, 15) is 19.5 Å². The Morgan fingerprint density at radius 1 is 1.44 bits per heavy atom. The second-order valence-electron chi connectivity index (χ2n) is 6.26. The molecule has 1 aliphatic rings. The minimum absolute atomic E-state index is 0.0428. The van der Waals surface area contributed by atoms with Gasteiger partial charge in [-0.2, -0.15) is 0 Å². The number of aliphatic hydroxyl groups excluding tert-OH is 1. The van der Waals surface area contributed by atoms with E-state index in [-0.39, 0.29) is 13.0 Å². The fraction of sp³-hybridized carbons (Fsp3) is 0.353. The molecule has 0 bridgehead atoms. The maximum absolute atomic E-state index is 12.0. The largest absolute Gasteiger partial charge is 0.390 e. The van der Waals surface area contributed by atoms with Crippen molar-refractivity contribution in [2.24, 2.45) is 0 Å². The number of nitrogens with one attached hydrogen (secondary N) is 3. The Balaban J connectivity index is 1.59. The quantitative estimate of drug-likeness (QED) is 0.614. The van der Waals surface area contributed by atoms with Gasteiger partial charge in [0, 0.05) is 35.4 Å². The van der Waals surface area contributed by atoms with Crippen LogP contribution in [0.5, 0.6) is 0 Å². The second-order valence-corrected chi connectivity index (χ2v) is 6.69.